The van der Waals surface area contributed by atoms with Crippen LogP contribution in [-0.2, 0) is 16.8 Å². The molecule has 0 unspecified atom stereocenters. The second kappa shape index (κ2) is 6.81. The van der Waals surface area contributed by atoms with Gasteiger partial charge in [-0.3, -0.25) is 0 Å². The van der Waals surface area contributed by atoms with Gasteiger partial charge in [0.2, 0.25) is 0 Å². The number of ether oxygens (including phenoxy) is 2. The zero-order valence-corrected chi connectivity index (χ0v) is 14.1. The van der Waals surface area contributed by atoms with Crippen LogP contribution in [0.2, 0.25) is 5.02 Å². The second-order valence-corrected chi connectivity index (χ2v) is 6.35. The highest BCUT2D eigenvalue weighted by Crippen LogP contribution is 2.41. The van der Waals surface area contributed by atoms with E-state index in [9.17, 15) is 0 Å². The third-order valence-corrected chi connectivity index (χ3v) is 4.74. The molecule has 1 heterocycles. The predicted molar refractivity (Wildman–Crippen MR) is 94.0 cm³/mol. The van der Waals surface area contributed by atoms with E-state index in [2.05, 4.69) is 19.1 Å². The Hall–Kier alpha value is -1.71. The molecule has 1 aliphatic rings. The van der Waals surface area contributed by atoms with Gasteiger partial charge in [0, 0.05) is 29.1 Å². The molecule has 0 spiro atoms. The first kappa shape index (κ1) is 16.2. The second-order valence-electron chi connectivity index (χ2n) is 5.95. The Kier molecular flexibility index (Phi) is 4.79. The fourth-order valence-electron chi connectivity index (χ4n) is 3.04. The SMILES string of the molecule is CCc1ccc(C2(Oc3ccc(N)cc3)CCOCC2)c(Cl)c1. The van der Waals surface area contributed by atoms with Gasteiger partial charge in [-0.05, 0) is 42.3 Å². The van der Waals surface area contributed by atoms with Crippen LogP contribution in [0.3, 0.4) is 0 Å². The number of nitrogen functional groups attached to an aromatic ring is 1. The normalized spacial score (nSPS) is 17.0. The van der Waals surface area contributed by atoms with Gasteiger partial charge in [-0.1, -0.05) is 30.7 Å². The Morgan fingerprint density at radius 2 is 1.83 bits per heavy atom. The molecule has 23 heavy (non-hydrogen) atoms. The number of hydrogen-bond donors (Lipinski definition) is 1. The monoisotopic (exact) mass is 331 g/mol. The maximum Gasteiger partial charge on any atom is 0.140 e. The van der Waals surface area contributed by atoms with Gasteiger partial charge in [-0.15, -0.1) is 0 Å². The summed E-state index contributed by atoms with van der Waals surface area (Å²) in [6.45, 7) is 3.46. The molecule has 0 radical (unpaired) electrons. The van der Waals surface area contributed by atoms with Gasteiger partial charge < -0.3 is 15.2 Å². The summed E-state index contributed by atoms with van der Waals surface area (Å²) in [5.41, 5.74) is 8.31. The van der Waals surface area contributed by atoms with Gasteiger partial charge in [0.05, 0.1) is 13.2 Å². The molecule has 0 bridgehead atoms. The van der Waals surface area contributed by atoms with Crippen molar-refractivity contribution in [2.24, 2.45) is 0 Å². The Morgan fingerprint density at radius 1 is 1.13 bits per heavy atom. The molecule has 2 aromatic carbocycles. The van der Waals surface area contributed by atoms with E-state index in [-0.39, 0.29) is 0 Å². The zero-order chi connectivity index (χ0) is 16.3. The summed E-state index contributed by atoms with van der Waals surface area (Å²) >= 11 is 6.58. The van der Waals surface area contributed by atoms with E-state index < -0.39 is 5.60 Å². The standard InChI is InChI=1S/C19H22ClNO2/c1-2-14-3-8-17(18(20)13-14)19(9-11-22-12-10-19)23-16-6-4-15(21)5-7-16/h3-8,13H,2,9-12,21H2,1H3. The van der Waals surface area contributed by atoms with E-state index in [1.165, 1.54) is 5.56 Å². The topological polar surface area (TPSA) is 44.5 Å². The molecule has 1 aliphatic heterocycles. The van der Waals surface area contributed by atoms with E-state index in [0.717, 1.165) is 41.3 Å². The van der Waals surface area contributed by atoms with E-state index in [1.54, 1.807) is 0 Å². The molecule has 0 saturated carbocycles. The molecule has 2 aromatic rings. The maximum absolute atomic E-state index is 6.58. The molecular weight excluding hydrogens is 310 g/mol. The van der Waals surface area contributed by atoms with Gasteiger partial charge in [0.1, 0.15) is 11.4 Å². The summed E-state index contributed by atoms with van der Waals surface area (Å²) < 4.78 is 12.0. The van der Waals surface area contributed by atoms with E-state index in [4.69, 9.17) is 26.8 Å². The number of aryl methyl sites for hydroxylation is 1. The van der Waals surface area contributed by atoms with Gasteiger partial charge in [-0.2, -0.15) is 0 Å². The van der Waals surface area contributed by atoms with Crippen molar-refractivity contribution in [3.05, 3.63) is 58.6 Å². The highest BCUT2D eigenvalue weighted by atomic mass is 35.5. The average Bonchev–Trinajstić information content (AvgIpc) is 2.57. The summed E-state index contributed by atoms with van der Waals surface area (Å²) in [5.74, 6) is 0.803. The van der Waals surface area contributed by atoms with Crippen molar-refractivity contribution >= 4 is 17.3 Å². The summed E-state index contributed by atoms with van der Waals surface area (Å²) in [5, 5.41) is 0.765. The van der Waals surface area contributed by atoms with Crippen molar-refractivity contribution in [3.8, 4) is 5.75 Å². The lowest BCUT2D eigenvalue weighted by molar-refractivity contribution is -0.0500. The third kappa shape index (κ3) is 3.46. The summed E-state index contributed by atoms with van der Waals surface area (Å²) in [6, 6.07) is 13.8. The Bertz CT molecular complexity index is 664. The quantitative estimate of drug-likeness (QED) is 0.835. The van der Waals surface area contributed by atoms with Gasteiger partial charge >= 0.3 is 0 Å². The first-order valence-electron chi connectivity index (χ1n) is 8.04. The smallest absolute Gasteiger partial charge is 0.140 e. The zero-order valence-electron chi connectivity index (χ0n) is 13.3. The maximum atomic E-state index is 6.58. The minimum absolute atomic E-state index is 0.447. The van der Waals surface area contributed by atoms with E-state index in [1.807, 2.05) is 30.3 Å². The molecular formula is C19H22ClNO2. The lowest BCUT2D eigenvalue weighted by atomic mass is 9.85. The van der Waals surface area contributed by atoms with Gasteiger partial charge in [0.25, 0.3) is 0 Å². The molecule has 4 heteroatoms. The van der Waals surface area contributed by atoms with Crippen LogP contribution in [0.15, 0.2) is 42.5 Å². The Labute approximate surface area is 142 Å². The number of rotatable bonds is 4. The average molecular weight is 332 g/mol. The van der Waals surface area contributed by atoms with Gasteiger partial charge in [0.15, 0.2) is 0 Å². The van der Waals surface area contributed by atoms with Crippen LogP contribution in [0, 0.1) is 0 Å². The lowest BCUT2D eigenvalue weighted by Gasteiger charge is -2.38. The number of hydrogen-bond acceptors (Lipinski definition) is 3. The van der Waals surface area contributed by atoms with Crippen LogP contribution in [0.4, 0.5) is 5.69 Å². The molecule has 0 aliphatic carbocycles. The molecule has 122 valence electrons. The van der Waals surface area contributed by atoms with Crippen LogP contribution < -0.4 is 10.5 Å². The van der Waals surface area contributed by atoms with Crippen LogP contribution in [0.25, 0.3) is 0 Å². The molecule has 0 amide bonds. The number of anilines is 1. The van der Waals surface area contributed by atoms with Crippen LogP contribution in [0.5, 0.6) is 5.75 Å². The van der Waals surface area contributed by atoms with Crippen LogP contribution in [0.1, 0.15) is 30.9 Å². The minimum atomic E-state index is -0.447. The minimum Gasteiger partial charge on any atom is -0.482 e. The molecule has 3 nitrogen and oxygen atoms in total. The van der Waals surface area contributed by atoms with Crippen molar-refractivity contribution in [2.45, 2.75) is 31.8 Å². The van der Waals surface area contributed by atoms with Crippen molar-refractivity contribution < 1.29 is 9.47 Å². The summed E-state index contributed by atoms with van der Waals surface area (Å²) in [6.07, 6.45) is 2.53. The molecule has 0 aromatic heterocycles. The Morgan fingerprint density at radius 3 is 2.43 bits per heavy atom. The molecule has 1 fully saturated rings. The molecule has 1 saturated heterocycles. The van der Waals surface area contributed by atoms with Crippen molar-refractivity contribution in [1.82, 2.24) is 0 Å². The van der Waals surface area contributed by atoms with Crippen LogP contribution >= 0.6 is 11.6 Å². The fourth-order valence-corrected chi connectivity index (χ4v) is 3.41. The Balaban J connectivity index is 1.97. The van der Waals surface area contributed by atoms with Crippen LogP contribution in [-0.4, -0.2) is 13.2 Å². The highest BCUT2D eigenvalue weighted by molar-refractivity contribution is 6.31. The van der Waals surface area contributed by atoms with Crippen molar-refractivity contribution in [3.63, 3.8) is 0 Å². The first-order chi connectivity index (χ1) is 11.1. The number of halogens is 1. The van der Waals surface area contributed by atoms with E-state index >= 15 is 0 Å². The summed E-state index contributed by atoms with van der Waals surface area (Å²) in [4.78, 5) is 0. The lowest BCUT2D eigenvalue weighted by Crippen LogP contribution is -2.39. The van der Waals surface area contributed by atoms with E-state index in [0.29, 0.717) is 13.2 Å². The predicted octanol–water partition coefficient (Wildman–Crippen LogP) is 4.57. The first-order valence-corrected chi connectivity index (χ1v) is 8.42. The summed E-state index contributed by atoms with van der Waals surface area (Å²) in [7, 11) is 0. The van der Waals surface area contributed by atoms with Crippen molar-refractivity contribution in [2.75, 3.05) is 18.9 Å². The number of benzene rings is 2. The number of nitrogens with two attached hydrogens (primary N) is 1. The third-order valence-electron chi connectivity index (χ3n) is 4.43. The highest BCUT2D eigenvalue weighted by Gasteiger charge is 2.38. The molecule has 2 N–H and O–H groups in total. The largest absolute Gasteiger partial charge is 0.482 e. The molecule has 0 atom stereocenters. The van der Waals surface area contributed by atoms with Crippen molar-refractivity contribution in [1.29, 1.82) is 0 Å². The fraction of sp³-hybridized carbons (Fsp3) is 0.368. The molecule has 3 rings (SSSR count). The van der Waals surface area contributed by atoms with Gasteiger partial charge in [-0.25, -0.2) is 0 Å².